The highest BCUT2D eigenvalue weighted by Gasteiger charge is 2.13. The zero-order chi connectivity index (χ0) is 18.6. The number of fused-ring (bicyclic) bond motifs is 1. The number of nitrogens with one attached hydrogen (secondary N) is 2. The molecule has 0 aliphatic carbocycles. The van der Waals surface area contributed by atoms with Crippen LogP contribution >= 0.6 is 15.9 Å². The van der Waals surface area contributed by atoms with Crippen molar-refractivity contribution in [1.82, 2.24) is 9.97 Å². The smallest absolute Gasteiger partial charge is 0.262 e. The molecule has 0 bridgehead atoms. The van der Waals surface area contributed by atoms with Crippen molar-refractivity contribution in [2.24, 2.45) is 0 Å². The molecule has 2 N–H and O–H groups in total. The van der Waals surface area contributed by atoms with Gasteiger partial charge in [-0.3, -0.25) is 4.79 Å². The summed E-state index contributed by atoms with van der Waals surface area (Å²) in [6.07, 6.45) is 0. The summed E-state index contributed by atoms with van der Waals surface area (Å²) in [7, 11) is 0. The van der Waals surface area contributed by atoms with Gasteiger partial charge in [0.1, 0.15) is 11.6 Å². The minimum atomic E-state index is -0.223. The molecular weight excluding hydrogens is 406 g/mol. The van der Waals surface area contributed by atoms with Gasteiger partial charge in [-0.05, 0) is 42.5 Å². The van der Waals surface area contributed by atoms with Crippen molar-refractivity contribution in [2.45, 2.75) is 0 Å². The van der Waals surface area contributed by atoms with Crippen molar-refractivity contribution < 1.29 is 9.53 Å². The highest BCUT2D eigenvalue weighted by molar-refractivity contribution is 9.10. The van der Waals surface area contributed by atoms with Gasteiger partial charge in [0.15, 0.2) is 6.61 Å². The van der Waals surface area contributed by atoms with E-state index in [-0.39, 0.29) is 12.5 Å². The predicted octanol–water partition coefficient (Wildman–Crippen LogP) is 5.01. The van der Waals surface area contributed by atoms with E-state index < -0.39 is 0 Å². The van der Waals surface area contributed by atoms with Crippen LogP contribution in [0.4, 0.5) is 5.69 Å². The molecule has 3 aromatic carbocycles. The van der Waals surface area contributed by atoms with E-state index in [2.05, 4.69) is 31.2 Å². The Bertz CT molecular complexity index is 1060. The van der Waals surface area contributed by atoms with Crippen LogP contribution < -0.4 is 10.1 Å². The summed E-state index contributed by atoms with van der Waals surface area (Å²) < 4.78 is 6.69. The van der Waals surface area contributed by atoms with Crippen molar-refractivity contribution in [1.29, 1.82) is 0 Å². The number of H-pyrrole nitrogens is 1. The number of carbonyl (C=O) groups excluding carboxylic acids is 1. The van der Waals surface area contributed by atoms with Crippen LogP contribution in [-0.2, 0) is 4.79 Å². The third-order valence-corrected chi connectivity index (χ3v) is 4.50. The molecular formula is C21H16BrN3O2. The number of para-hydroxylation sites is 3. The summed E-state index contributed by atoms with van der Waals surface area (Å²) in [5.41, 5.74) is 3.34. The van der Waals surface area contributed by atoms with E-state index in [9.17, 15) is 4.79 Å². The summed E-state index contributed by atoms with van der Waals surface area (Å²) in [4.78, 5) is 20.1. The first kappa shape index (κ1) is 17.3. The molecule has 1 aromatic heterocycles. The number of carbonyl (C=O) groups is 1. The fourth-order valence-electron chi connectivity index (χ4n) is 2.76. The summed E-state index contributed by atoms with van der Waals surface area (Å²) >= 11 is 3.49. The molecule has 27 heavy (non-hydrogen) atoms. The number of hydrogen-bond donors (Lipinski definition) is 2. The van der Waals surface area contributed by atoms with Crippen molar-refractivity contribution in [3.05, 3.63) is 77.3 Å². The van der Waals surface area contributed by atoms with Gasteiger partial charge >= 0.3 is 0 Å². The van der Waals surface area contributed by atoms with Crippen LogP contribution in [0, 0.1) is 0 Å². The standard InChI is InChI=1S/C21H16BrN3O2/c22-14-10-11-19(27-13-20(26)23-15-6-2-1-3-7-15)16(12-14)21-24-17-8-4-5-9-18(17)25-21/h1-12H,13H2,(H,23,26)(H,24,25). The fourth-order valence-corrected chi connectivity index (χ4v) is 3.12. The third kappa shape index (κ3) is 4.01. The Morgan fingerprint density at radius 3 is 2.63 bits per heavy atom. The lowest BCUT2D eigenvalue weighted by Gasteiger charge is -2.11. The monoisotopic (exact) mass is 421 g/mol. The second-order valence-corrected chi connectivity index (χ2v) is 6.86. The normalized spacial score (nSPS) is 10.7. The summed E-state index contributed by atoms with van der Waals surface area (Å²) in [5.74, 6) is 1.05. The van der Waals surface area contributed by atoms with E-state index in [4.69, 9.17) is 4.74 Å². The lowest BCUT2D eigenvalue weighted by molar-refractivity contribution is -0.118. The number of aromatic nitrogens is 2. The maximum absolute atomic E-state index is 12.2. The van der Waals surface area contributed by atoms with E-state index >= 15 is 0 Å². The number of ether oxygens (including phenoxy) is 1. The van der Waals surface area contributed by atoms with Gasteiger partial charge in [0.2, 0.25) is 0 Å². The van der Waals surface area contributed by atoms with E-state index in [1.807, 2.05) is 72.8 Å². The van der Waals surface area contributed by atoms with Crippen LogP contribution in [0.2, 0.25) is 0 Å². The summed E-state index contributed by atoms with van der Waals surface area (Å²) in [5, 5.41) is 2.81. The molecule has 1 amide bonds. The number of halogens is 1. The van der Waals surface area contributed by atoms with E-state index in [1.165, 1.54) is 0 Å². The molecule has 0 aliphatic rings. The molecule has 0 unspecified atom stereocenters. The van der Waals surface area contributed by atoms with Crippen molar-refractivity contribution >= 4 is 38.6 Å². The lowest BCUT2D eigenvalue weighted by atomic mass is 10.2. The summed E-state index contributed by atoms with van der Waals surface area (Å²) in [6, 6.07) is 22.7. The van der Waals surface area contributed by atoms with Crippen LogP contribution in [0.25, 0.3) is 22.4 Å². The van der Waals surface area contributed by atoms with Gasteiger partial charge in [-0.25, -0.2) is 4.98 Å². The topological polar surface area (TPSA) is 67.0 Å². The fraction of sp³-hybridized carbons (Fsp3) is 0.0476. The molecule has 1 heterocycles. The van der Waals surface area contributed by atoms with E-state index in [1.54, 1.807) is 0 Å². The maximum atomic E-state index is 12.2. The third-order valence-electron chi connectivity index (χ3n) is 4.00. The Morgan fingerprint density at radius 2 is 1.81 bits per heavy atom. The number of anilines is 1. The lowest BCUT2D eigenvalue weighted by Crippen LogP contribution is -2.20. The average Bonchev–Trinajstić information content (AvgIpc) is 3.12. The number of imidazole rings is 1. The Hall–Kier alpha value is -3.12. The maximum Gasteiger partial charge on any atom is 0.262 e. The molecule has 0 atom stereocenters. The molecule has 0 saturated carbocycles. The Balaban J connectivity index is 1.55. The number of hydrogen-bond acceptors (Lipinski definition) is 3. The minimum Gasteiger partial charge on any atom is -0.483 e. The zero-order valence-electron chi connectivity index (χ0n) is 14.3. The molecule has 0 radical (unpaired) electrons. The van der Waals surface area contributed by atoms with Gasteiger partial charge in [0, 0.05) is 10.2 Å². The second kappa shape index (κ2) is 7.63. The minimum absolute atomic E-state index is 0.0935. The number of aromatic amines is 1. The molecule has 0 saturated heterocycles. The first-order valence-electron chi connectivity index (χ1n) is 8.41. The molecule has 0 aliphatic heterocycles. The van der Waals surface area contributed by atoms with Gasteiger partial charge in [-0.2, -0.15) is 0 Å². The van der Waals surface area contributed by atoms with Crippen molar-refractivity contribution in [2.75, 3.05) is 11.9 Å². The second-order valence-electron chi connectivity index (χ2n) is 5.95. The predicted molar refractivity (Wildman–Crippen MR) is 110 cm³/mol. The Kier molecular flexibility index (Phi) is 4.89. The van der Waals surface area contributed by atoms with Gasteiger partial charge in [-0.15, -0.1) is 0 Å². The number of nitrogens with zero attached hydrogens (tertiary/aromatic N) is 1. The molecule has 134 valence electrons. The van der Waals surface area contributed by atoms with Crippen LogP contribution in [-0.4, -0.2) is 22.5 Å². The van der Waals surface area contributed by atoms with Crippen LogP contribution in [0.3, 0.4) is 0 Å². The van der Waals surface area contributed by atoms with Crippen LogP contribution in [0.5, 0.6) is 5.75 Å². The number of amides is 1. The molecule has 0 spiro atoms. The van der Waals surface area contributed by atoms with Crippen molar-refractivity contribution in [3.8, 4) is 17.1 Å². The highest BCUT2D eigenvalue weighted by atomic mass is 79.9. The van der Waals surface area contributed by atoms with E-state index in [0.29, 0.717) is 11.6 Å². The van der Waals surface area contributed by atoms with Gasteiger partial charge in [0.25, 0.3) is 5.91 Å². The molecule has 5 nitrogen and oxygen atoms in total. The van der Waals surface area contributed by atoms with Crippen LogP contribution in [0.15, 0.2) is 77.3 Å². The van der Waals surface area contributed by atoms with Gasteiger partial charge in [-0.1, -0.05) is 46.3 Å². The van der Waals surface area contributed by atoms with Gasteiger partial charge < -0.3 is 15.0 Å². The molecule has 4 aromatic rings. The average molecular weight is 422 g/mol. The number of rotatable bonds is 5. The van der Waals surface area contributed by atoms with Crippen LogP contribution in [0.1, 0.15) is 0 Å². The molecule has 0 fully saturated rings. The molecule has 6 heteroatoms. The quantitative estimate of drug-likeness (QED) is 0.475. The molecule has 4 rings (SSSR count). The first-order valence-corrected chi connectivity index (χ1v) is 9.21. The Labute approximate surface area is 164 Å². The van der Waals surface area contributed by atoms with Gasteiger partial charge in [0.05, 0.1) is 16.6 Å². The van der Waals surface area contributed by atoms with Crippen molar-refractivity contribution in [3.63, 3.8) is 0 Å². The SMILES string of the molecule is O=C(COc1ccc(Br)cc1-c1nc2ccccc2[nH]1)Nc1ccccc1. The zero-order valence-corrected chi connectivity index (χ0v) is 15.9. The largest absolute Gasteiger partial charge is 0.483 e. The summed E-state index contributed by atoms with van der Waals surface area (Å²) in [6.45, 7) is -0.0935. The number of benzene rings is 3. The van der Waals surface area contributed by atoms with E-state index in [0.717, 1.165) is 26.8 Å². The first-order chi connectivity index (χ1) is 13.2. The highest BCUT2D eigenvalue weighted by Crippen LogP contribution is 2.32. The Morgan fingerprint density at radius 1 is 1.04 bits per heavy atom.